The van der Waals surface area contributed by atoms with E-state index in [0.717, 1.165) is 19.3 Å². The van der Waals surface area contributed by atoms with Crippen LogP contribution in [0.3, 0.4) is 0 Å². The van der Waals surface area contributed by atoms with Gasteiger partial charge in [-0.05, 0) is 25.7 Å². The van der Waals surface area contributed by atoms with Crippen molar-refractivity contribution in [1.82, 2.24) is 10.6 Å². The molecule has 0 bridgehead atoms. The third-order valence-corrected chi connectivity index (χ3v) is 3.62. The minimum atomic E-state index is -0.927. The molecule has 0 aromatic rings. The molecule has 0 saturated heterocycles. The monoisotopic (exact) mass is 242 g/mol. The van der Waals surface area contributed by atoms with E-state index in [1.165, 1.54) is 0 Å². The maximum atomic E-state index is 11.5. The van der Waals surface area contributed by atoms with Crippen molar-refractivity contribution < 1.29 is 14.7 Å². The van der Waals surface area contributed by atoms with E-state index in [9.17, 15) is 14.7 Å². The van der Waals surface area contributed by atoms with Gasteiger partial charge in [0.25, 0.3) is 0 Å². The molecule has 0 radical (unpaired) electrons. The predicted octanol–water partition coefficient (Wildman–Crippen LogP) is 0.746. The largest absolute Gasteiger partial charge is 0.480 e. The number of rotatable bonds is 5. The van der Waals surface area contributed by atoms with Gasteiger partial charge in [-0.3, -0.25) is 14.9 Å². The summed E-state index contributed by atoms with van der Waals surface area (Å²) in [6.45, 7) is 4.42. The maximum Gasteiger partial charge on any atom is 0.324 e. The molecule has 1 aliphatic carbocycles. The fourth-order valence-corrected chi connectivity index (χ4v) is 2.50. The Morgan fingerprint density at radius 2 is 2.12 bits per heavy atom. The summed E-state index contributed by atoms with van der Waals surface area (Å²) in [4.78, 5) is 22.9. The second-order valence-corrected chi connectivity index (χ2v) is 4.73. The van der Waals surface area contributed by atoms with Crippen molar-refractivity contribution in [2.45, 2.75) is 45.1 Å². The molecule has 1 aliphatic rings. The van der Waals surface area contributed by atoms with Crippen LogP contribution in [-0.2, 0) is 9.59 Å². The number of hydrogen-bond acceptors (Lipinski definition) is 3. The van der Waals surface area contributed by atoms with Crippen LogP contribution in [0, 0.1) is 5.92 Å². The summed E-state index contributed by atoms with van der Waals surface area (Å²) in [6, 6.07) is 0. The average Bonchev–Trinajstić information content (AvgIpc) is 2.28. The highest BCUT2D eigenvalue weighted by Crippen LogP contribution is 2.33. The van der Waals surface area contributed by atoms with E-state index < -0.39 is 11.5 Å². The number of carbonyl (C=O) groups is 2. The Balaban J connectivity index is 2.65. The molecule has 5 heteroatoms. The summed E-state index contributed by atoms with van der Waals surface area (Å²) in [5, 5.41) is 15.0. The third-order valence-electron chi connectivity index (χ3n) is 3.62. The van der Waals surface area contributed by atoms with Crippen molar-refractivity contribution in [3.63, 3.8) is 0 Å². The van der Waals surface area contributed by atoms with Crippen LogP contribution in [0.5, 0.6) is 0 Å². The highest BCUT2D eigenvalue weighted by Gasteiger charge is 2.44. The first-order valence-electron chi connectivity index (χ1n) is 6.28. The van der Waals surface area contributed by atoms with Crippen molar-refractivity contribution in [3.8, 4) is 0 Å². The number of nitrogens with one attached hydrogen (secondary N) is 2. The van der Waals surface area contributed by atoms with Gasteiger partial charge >= 0.3 is 5.97 Å². The molecule has 0 aromatic heterocycles. The molecule has 1 saturated carbocycles. The van der Waals surface area contributed by atoms with Crippen molar-refractivity contribution in [3.05, 3.63) is 0 Å². The van der Waals surface area contributed by atoms with Crippen molar-refractivity contribution in [2.24, 2.45) is 5.92 Å². The first-order chi connectivity index (χ1) is 8.03. The SMILES string of the molecule is CCNC(=O)CNC1(C(=O)O)CCCCC1C. The van der Waals surface area contributed by atoms with Crippen LogP contribution in [0.2, 0.25) is 0 Å². The highest BCUT2D eigenvalue weighted by atomic mass is 16.4. The van der Waals surface area contributed by atoms with Crippen LogP contribution in [0.15, 0.2) is 0 Å². The number of amides is 1. The lowest BCUT2D eigenvalue weighted by atomic mass is 9.73. The molecule has 5 nitrogen and oxygen atoms in total. The lowest BCUT2D eigenvalue weighted by Gasteiger charge is -2.39. The fourth-order valence-electron chi connectivity index (χ4n) is 2.50. The van der Waals surface area contributed by atoms with Crippen LogP contribution in [0.1, 0.15) is 39.5 Å². The van der Waals surface area contributed by atoms with Crippen LogP contribution in [-0.4, -0.2) is 35.6 Å². The van der Waals surface area contributed by atoms with Crippen LogP contribution in [0.4, 0.5) is 0 Å². The molecule has 0 heterocycles. The fraction of sp³-hybridized carbons (Fsp3) is 0.833. The minimum absolute atomic E-state index is 0.0585. The average molecular weight is 242 g/mol. The molecular formula is C12H22N2O3. The van der Waals surface area contributed by atoms with Gasteiger partial charge in [-0.25, -0.2) is 0 Å². The van der Waals surface area contributed by atoms with E-state index in [1.54, 1.807) is 0 Å². The normalized spacial score (nSPS) is 28.7. The Morgan fingerprint density at radius 1 is 1.41 bits per heavy atom. The molecule has 2 atom stereocenters. The lowest BCUT2D eigenvalue weighted by molar-refractivity contribution is -0.149. The van der Waals surface area contributed by atoms with Gasteiger partial charge < -0.3 is 10.4 Å². The van der Waals surface area contributed by atoms with E-state index in [-0.39, 0.29) is 18.4 Å². The lowest BCUT2D eigenvalue weighted by Crippen LogP contribution is -2.60. The van der Waals surface area contributed by atoms with Crippen LogP contribution in [0.25, 0.3) is 0 Å². The highest BCUT2D eigenvalue weighted by molar-refractivity contribution is 5.82. The molecule has 0 aromatic carbocycles. The molecule has 0 aliphatic heterocycles. The topological polar surface area (TPSA) is 78.4 Å². The molecule has 1 amide bonds. The van der Waals surface area contributed by atoms with Gasteiger partial charge in [0.05, 0.1) is 6.54 Å². The molecule has 17 heavy (non-hydrogen) atoms. The van der Waals surface area contributed by atoms with Crippen LogP contribution >= 0.6 is 0 Å². The van der Waals surface area contributed by atoms with E-state index in [1.807, 2.05) is 13.8 Å². The van der Waals surface area contributed by atoms with E-state index in [2.05, 4.69) is 10.6 Å². The van der Waals surface area contributed by atoms with Gasteiger partial charge in [0, 0.05) is 6.54 Å². The Morgan fingerprint density at radius 3 is 2.65 bits per heavy atom. The van der Waals surface area contributed by atoms with Gasteiger partial charge in [0.15, 0.2) is 0 Å². The summed E-state index contributed by atoms with van der Waals surface area (Å²) in [7, 11) is 0. The van der Waals surface area contributed by atoms with Crippen LogP contribution < -0.4 is 10.6 Å². The Bertz CT molecular complexity index is 293. The zero-order chi connectivity index (χ0) is 12.9. The van der Waals surface area contributed by atoms with Gasteiger partial charge in [0.2, 0.25) is 5.91 Å². The van der Waals surface area contributed by atoms with E-state index in [0.29, 0.717) is 13.0 Å². The summed E-state index contributed by atoms with van der Waals surface area (Å²) < 4.78 is 0. The number of carboxylic acids is 1. The number of carbonyl (C=O) groups excluding carboxylic acids is 1. The Hall–Kier alpha value is -1.10. The zero-order valence-electron chi connectivity index (χ0n) is 10.6. The first-order valence-corrected chi connectivity index (χ1v) is 6.28. The molecule has 2 unspecified atom stereocenters. The van der Waals surface area contributed by atoms with Crippen molar-refractivity contribution in [1.29, 1.82) is 0 Å². The zero-order valence-corrected chi connectivity index (χ0v) is 10.6. The summed E-state index contributed by atoms with van der Waals surface area (Å²) in [5.41, 5.74) is -0.927. The number of hydrogen-bond donors (Lipinski definition) is 3. The molecule has 3 N–H and O–H groups in total. The van der Waals surface area contributed by atoms with E-state index >= 15 is 0 Å². The predicted molar refractivity (Wildman–Crippen MR) is 64.7 cm³/mol. The summed E-state index contributed by atoms with van der Waals surface area (Å²) in [5.74, 6) is -0.928. The van der Waals surface area contributed by atoms with Gasteiger partial charge in [-0.2, -0.15) is 0 Å². The van der Waals surface area contributed by atoms with Gasteiger partial charge in [-0.1, -0.05) is 19.8 Å². The van der Waals surface area contributed by atoms with Gasteiger partial charge in [-0.15, -0.1) is 0 Å². The number of aliphatic carboxylic acids is 1. The summed E-state index contributed by atoms with van der Waals surface area (Å²) >= 11 is 0. The second-order valence-electron chi connectivity index (χ2n) is 4.73. The second kappa shape index (κ2) is 6.00. The molecule has 1 fully saturated rings. The standard InChI is InChI=1S/C12H22N2O3/c1-3-13-10(15)8-14-12(11(16)17)7-5-4-6-9(12)2/h9,14H,3-8H2,1-2H3,(H,13,15)(H,16,17). The maximum absolute atomic E-state index is 11.5. The minimum Gasteiger partial charge on any atom is -0.480 e. The molecule has 98 valence electrons. The molecular weight excluding hydrogens is 220 g/mol. The Labute approximate surface area is 102 Å². The quantitative estimate of drug-likeness (QED) is 0.664. The first kappa shape index (κ1) is 14.0. The van der Waals surface area contributed by atoms with Crippen molar-refractivity contribution >= 4 is 11.9 Å². The van der Waals surface area contributed by atoms with Crippen molar-refractivity contribution in [2.75, 3.05) is 13.1 Å². The van der Waals surface area contributed by atoms with Gasteiger partial charge in [0.1, 0.15) is 5.54 Å². The number of carboxylic acid groups (broad SMARTS) is 1. The number of likely N-dealkylation sites (N-methyl/N-ethyl adjacent to an activating group) is 1. The van der Waals surface area contributed by atoms with E-state index in [4.69, 9.17) is 0 Å². The smallest absolute Gasteiger partial charge is 0.324 e. The summed E-state index contributed by atoms with van der Waals surface area (Å²) in [6.07, 6.45) is 3.47. The molecule has 0 spiro atoms. The Kier molecular flexibility index (Phi) is 4.93. The molecule has 1 rings (SSSR count). The third kappa shape index (κ3) is 3.19.